The van der Waals surface area contributed by atoms with Crippen LogP contribution in [0.4, 0.5) is 0 Å². The Hall–Kier alpha value is -1.32. The Bertz CT molecular complexity index is 249. The number of nitrogens with zero attached hydrogens (tertiary/aromatic N) is 3. The van der Waals surface area contributed by atoms with E-state index >= 15 is 0 Å². The van der Waals surface area contributed by atoms with Crippen molar-refractivity contribution in [2.24, 2.45) is 10.9 Å². The Labute approximate surface area is 65.7 Å². The second kappa shape index (κ2) is 3.18. The first kappa shape index (κ1) is 7.78. The van der Waals surface area contributed by atoms with Gasteiger partial charge in [0.05, 0.1) is 11.9 Å². The number of hydrogen-bond donors (Lipinski definition) is 1. The van der Waals surface area contributed by atoms with Gasteiger partial charge in [-0.3, -0.25) is 4.68 Å². The van der Waals surface area contributed by atoms with Crippen molar-refractivity contribution in [1.29, 1.82) is 0 Å². The Morgan fingerprint density at radius 3 is 3.00 bits per heavy atom. The highest BCUT2D eigenvalue weighted by molar-refractivity contribution is 5.76. The molecule has 0 aliphatic heterocycles. The molecular formula is C7H12N4. The van der Waals surface area contributed by atoms with Crippen molar-refractivity contribution in [1.82, 2.24) is 9.78 Å². The van der Waals surface area contributed by atoms with Crippen LogP contribution < -0.4 is 5.84 Å². The molecule has 1 rings (SSSR count). The van der Waals surface area contributed by atoms with Gasteiger partial charge in [-0.2, -0.15) is 10.2 Å². The van der Waals surface area contributed by atoms with Crippen LogP contribution in [-0.4, -0.2) is 16.0 Å². The lowest BCUT2D eigenvalue weighted by atomic mass is 10.4. The van der Waals surface area contributed by atoms with Crippen molar-refractivity contribution < 1.29 is 0 Å². The maximum absolute atomic E-state index is 5.02. The van der Waals surface area contributed by atoms with Gasteiger partial charge in [-0.1, -0.05) is 0 Å². The molecule has 1 aromatic heterocycles. The number of rotatable bonds is 2. The van der Waals surface area contributed by atoms with E-state index in [1.54, 1.807) is 12.4 Å². The maximum Gasteiger partial charge on any atom is 0.0813 e. The van der Waals surface area contributed by atoms with Gasteiger partial charge in [0.15, 0.2) is 0 Å². The van der Waals surface area contributed by atoms with Gasteiger partial charge in [0.1, 0.15) is 0 Å². The highest BCUT2D eigenvalue weighted by atomic mass is 15.3. The summed E-state index contributed by atoms with van der Waals surface area (Å²) in [4.78, 5) is 0. The third-order valence-electron chi connectivity index (χ3n) is 1.40. The summed E-state index contributed by atoms with van der Waals surface area (Å²) in [6.45, 7) is 4.11. The van der Waals surface area contributed by atoms with E-state index in [1.165, 1.54) is 0 Å². The van der Waals surface area contributed by atoms with E-state index in [-0.39, 0.29) is 0 Å². The van der Waals surface area contributed by atoms with Crippen LogP contribution in [-0.2, 0) is 0 Å². The van der Waals surface area contributed by atoms with Crippen molar-refractivity contribution in [3.05, 3.63) is 18.0 Å². The third kappa shape index (κ3) is 1.58. The fraction of sp³-hybridized carbons (Fsp3) is 0.429. The molecule has 0 saturated heterocycles. The molecule has 60 valence electrons. The minimum Gasteiger partial charge on any atom is -0.323 e. The second-order valence-electron chi connectivity index (χ2n) is 2.57. The van der Waals surface area contributed by atoms with Crippen molar-refractivity contribution in [3.8, 4) is 0 Å². The summed E-state index contributed by atoms with van der Waals surface area (Å²) in [5.74, 6) is 5.02. The summed E-state index contributed by atoms with van der Waals surface area (Å²) in [6, 6.07) is 2.22. The molecule has 0 aliphatic carbocycles. The summed E-state index contributed by atoms with van der Waals surface area (Å²) < 4.78 is 1.86. The zero-order valence-corrected chi connectivity index (χ0v) is 6.73. The van der Waals surface area contributed by atoms with E-state index < -0.39 is 0 Å². The van der Waals surface area contributed by atoms with Gasteiger partial charge >= 0.3 is 0 Å². The van der Waals surface area contributed by atoms with Crippen LogP contribution in [0.15, 0.2) is 17.4 Å². The molecule has 0 atom stereocenters. The highest BCUT2D eigenvalue weighted by Gasteiger charge is 2.01. The summed E-state index contributed by atoms with van der Waals surface area (Å²) >= 11 is 0. The normalized spacial score (nSPS) is 11.5. The molecule has 0 fully saturated rings. The Morgan fingerprint density at radius 2 is 2.45 bits per heavy atom. The topological polar surface area (TPSA) is 56.2 Å². The van der Waals surface area contributed by atoms with Crippen LogP contribution in [0.3, 0.4) is 0 Å². The second-order valence-corrected chi connectivity index (χ2v) is 2.57. The molecular weight excluding hydrogens is 140 g/mol. The monoisotopic (exact) mass is 152 g/mol. The van der Waals surface area contributed by atoms with Gasteiger partial charge in [0, 0.05) is 12.2 Å². The first-order chi connectivity index (χ1) is 5.25. The lowest BCUT2D eigenvalue weighted by molar-refractivity contribution is 0.530. The van der Waals surface area contributed by atoms with Gasteiger partial charge in [0.25, 0.3) is 0 Å². The van der Waals surface area contributed by atoms with E-state index in [0.717, 1.165) is 5.69 Å². The van der Waals surface area contributed by atoms with E-state index in [1.807, 2.05) is 10.7 Å². The number of hydrazone groups is 1. The van der Waals surface area contributed by atoms with E-state index in [0.29, 0.717) is 6.04 Å². The van der Waals surface area contributed by atoms with Gasteiger partial charge in [-0.25, -0.2) is 0 Å². The van der Waals surface area contributed by atoms with Crippen molar-refractivity contribution in [2.45, 2.75) is 19.9 Å². The summed E-state index contributed by atoms with van der Waals surface area (Å²) in [6.07, 6.45) is 3.32. The van der Waals surface area contributed by atoms with E-state index in [2.05, 4.69) is 24.0 Å². The molecule has 0 spiro atoms. The smallest absolute Gasteiger partial charge is 0.0813 e. The average Bonchev–Trinajstić information content (AvgIpc) is 2.36. The molecule has 0 unspecified atom stereocenters. The van der Waals surface area contributed by atoms with Crippen LogP contribution in [0, 0.1) is 0 Å². The van der Waals surface area contributed by atoms with Crippen LogP contribution >= 0.6 is 0 Å². The number of aromatic nitrogens is 2. The lowest BCUT2D eigenvalue weighted by Gasteiger charge is -2.06. The van der Waals surface area contributed by atoms with Crippen LogP contribution in [0.2, 0.25) is 0 Å². The molecule has 0 aromatic carbocycles. The summed E-state index contributed by atoms with van der Waals surface area (Å²) in [5, 5.41) is 7.54. The van der Waals surface area contributed by atoms with Gasteiger partial charge < -0.3 is 5.84 Å². The minimum absolute atomic E-state index is 0.345. The average molecular weight is 152 g/mol. The maximum atomic E-state index is 5.02. The standard InChI is InChI=1S/C7H12N4/c1-6(2)11-7(5-9-8)3-4-10-11/h3-6H,8H2,1-2H3/b9-5+. The number of nitrogens with two attached hydrogens (primary N) is 1. The summed E-state index contributed by atoms with van der Waals surface area (Å²) in [5.41, 5.74) is 0.933. The molecule has 0 bridgehead atoms. The number of hydrogen-bond acceptors (Lipinski definition) is 3. The van der Waals surface area contributed by atoms with Gasteiger partial charge in [-0.05, 0) is 19.9 Å². The molecule has 0 radical (unpaired) electrons. The Balaban J connectivity index is 2.96. The van der Waals surface area contributed by atoms with Gasteiger partial charge in [0.2, 0.25) is 0 Å². The molecule has 4 nitrogen and oxygen atoms in total. The molecule has 0 saturated carbocycles. The molecule has 0 amide bonds. The quantitative estimate of drug-likeness (QED) is 0.386. The van der Waals surface area contributed by atoms with Gasteiger partial charge in [-0.15, -0.1) is 0 Å². The van der Waals surface area contributed by atoms with E-state index in [9.17, 15) is 0 Å². The van der Waals surface area contributed by atoms with Crippen molar-refractivity contribution >= 4 is 6.21 Å². The molecule has 0 aliphatic rings. The SMILES string of the molecule is CC(C)n1nccc1/C=N/N. The molecule has 1 aromatic rings. The molecule has 11 heavy (non-hydrogen) atoms. The van der Waals surface area contributed by atoms with Crippen molar-refractivity contribution in [3.63, 3.8) is 0 Å². The van der Waals surface area contributed by atoms with Crippen LogP contribution in [0.25, 0.3) is 0 Å². The zero-order valence-electron chi connectivity index (χ0n) is 6.73. The third-order valence-corrected chi connectivity index (χ3v) is 1.40. The minimum atomic E-state index is 0.345. The largest absolute Gasteiger partial charge is 0.323 e. The predicted molar refractivity (Wildman–Crippen MR) is 44.4 cm³/mol. The Morgan fingerprint density at radius 1 is 1.73 bits per heavy atom. The van der Waals surface area contributed by atoms with E-state index in [4.69, 9.17) is 5.84 Å². The Kier molecular flexibility index (Phi) is 2.25. The highest BCUT2D eigenvalue weighted by Crippen LogP contribution is 2.04. The molecule has 4 heteroatoms. The summed E-state index contributed by atoms with van der Waals surface area (Å²) in [7, 11) is 0. The fourth-order valence-electron chi connectivity index (χ4n) is 0.935. The first-order valence-electron chi connectivity index (χ1n) is 3.52. The molecule has 2 N–H and O–H groups in total. The zero-order chi connectivity index (χ0) is 8.27. The van der Waals surface area contributed by atoms with Crippen LogP contribution in [0.5, 0.6) is 0 Å². The van der Waals surface area contributed by atoms with Crippen molar-refractivity contribution in [2.75, 3.05) is 0 Å². The molecule has 1 heterocycles. The fourth-order valence-corrected chi connectivity index (χ4v) is 0.935. The predicted octanol–water partition coefficient (Wildman–Crippen LogP) is 0.757. The van der Waals surface area contributed by atoms with Crippen LogP contribution in [0.1, 0.15) is 25.6 Å². The lowest BCUT2D eigenvalue weighted by Crippen LogP contribution is -2.07. The first-order valence-corrected chi connectivity index (χ1v) is 3.52.